The van der Waals surface area contributed by atoms with E-state index >= 15 is 0 Å². The number of nitrogen functional groups attached to an aromatic ring is 1. The summed E-state index contributed by atoms with van der Waals surface area (Å²) < 4.78 is 28.2. The van der Waals surface area contributed by atoms with E-state index in [1.807, 2.05) is 20.8 Å². The fraction of sp³-hybridized carbons (Fsp3) is 0.526. The van der Waals surface area contributed by atoms with Gasteiger partial charge in [-0.05, 0) is 25.0 Å². The Morgan fingerprint density at radius 2 is 1.90 bits per heavy atom. The van der Waals surface area contributed by atoms with Crippen molar-refractivity contribution in [2.45, 2.75) is 50.7 Å². The molecule has 0 unspecified atom stereocenters. The van der Waals surface area contributed by atoms with E-state index in [2.05, 4.69) is 15.5 Å². The highest BCUT2D eigenvalue weighted by atomic mass is 32.2. The lowest BCUT2D eigenvalue weighted by molar-refractivity contribution is -0.119. The Morgan fingerprint density at radius 3 is 2.50 bits per heavy atom. The number of amides is 1. The number of benzene rings is 1. The summed E-state index contributed by atoms with van der Waals surface area (Å²) in [4.78, 5) is 12.3. The van der Waals surface area contributed by atoms with Gasteiger partial charge in [0.1, 0.15) is 0 Å². The molecule has 1 amide bonds. The minimum absolute atomic E-state index is 0.0694. The van der Waals surface area contributed by atoms with Crippen LogP contribution in [0.2, 0.25) is 0 Å². The van der Waals surface area contributed by atoms with E-state index in [0.29, 0.717) is 35.6 Å². The van der Waals surface area contributed by atoms with E-state index in [-0.39, 0.29) is 22.6 Å². The van der Waals surface area contributed by atoms with Crippen molar-refractivity contribution in [3.63, 3.8) is 0 Å². The summed E-state index contributed by atoms with van der Waals surface area (Å²) in [6.07, 6.45) is 0. The van der Waals surface area contributed by atoms with Gasteiger partial charge < -0.3 is 11.2 Å². The number of nitrogens with one attached hydrogen (secondary N) is 1. The first-order chi connectivity index (χ1) is 14.1. The van der Waals surface area contributed by atoms with Crippen LogP contribution in [0.25, 0.3) is 11.4 Å². The zero-order valence-corrected chi connectivity index (χ0v) is 19.6. The highest BCUT2D eigenvalue weighted by Crippen LogP contribution is 2.25. The average Bonchev–Trinajstić information content (AvgIpc) is 3.07. The molecule has 3 N–H and O–H groups in total. The predicted octanol–water partition coefficient (Wildman–Crippen LogP) is 1.94. The van der Waals surface area contributed by atoms with E-state index < -0.39 is 10.0 Å². The molecule has 2 rings (SSSR count). The Hall–Kier alpha value is -2.11. The molecular weight excluding hydrogens is 424 g/mol. The van der Waals surface area contributed by atoms with Crippen LogP contribution >= 0.6 is 11.8 Å². The number of rotatable bonds is 10. The van der Waals surface area contributed by atoms with Gasteiger partial charge in [0, 0.05) is 24.7 Å². The maximum Gasteiger partial charge on any atom is 0.243 e. The average molecular weight is 455 g/mol. The molecule has 1 aromatic heterocycles. The molecule has 0 radical (unpaired) electrons. The van der Waals surface area contributed by atoms with E-state index in [1.165, 1.54) is 26.8 Å². The van der Waals surface area contributed by atoms with E-state index in [1.54, 1.807) is 32.0 Å². The Morgan fingerprint density at radius 1 is 1.23 bits per heavy atom. The van der Waals surface area contributed by atoms with Gasteiger partial charge in [-0.15, -0.1) is 10.2 Å². The third-order valence-corrected chi connectivity index (χ3v) is 7.81. The van der Waals surface area contributed by atoms with Gasteiger partial charge in [-0.1, -0.05) is 51.6 Å². The van der Waals surface area contributed by atoms with Crippen LogP contribution in [-0.2, 0) is 14.8 Å². The summed E-state index contributed by atoms with van der Waals surface area (Å²) in [7, 11) is -3.60. The molecule has 0 saturated heterocycles. The van der Waals surface area contributed by atoms with Gasteiger partial charge in [0.25, 0.3) is 0 Å². The highest BCUT2D eigenvalue weighted by Gasteiger charge is 2.23. The number of nitrogens with two attached hydrogens (primary N) is 1. The molecular formula is C19H30N6O3S2. The van der Waals surface area contributed by atoms with Crippen LogP contribution in [0.3, 0.4) is 0 Å². The topological polar surface area (TPSA) is 123 Å². The van der Waals surface area contributed by atoms with Crippen molar-refractivity contribution >= 4 is 27.7 Å². The molecule has 0 fully saturated rings. The van der Waals surface area contributed by atoms with Crippen molar-refractivity contribution in [2.75, 3.05) is 24.7 Å². The zero-order valence-electron chi connectivity index (χ0n) is 18.0. The summed E-state index contributed by atoms with van der Waals surface area (Å²) in [5, 5.41) is 11.4. The fourth-order valence-corrected chi connectivity index (χ4v) is 4.84. The van der Waals surface area contributed by atoms with E-state index in [0.717, 1.165) is 0 Å². The minimum atomic E-state index is -3.60. The maximum atomic E-state index is 12.8. The van der Waals surface area contributed by atoms with Gasteiger partial charge in [-0.2, -0.15) is 4.31 Å². The highest BCUT2D eigenvalue weighted by molar-refractivity contribution is 7.99. The third kappa shape index (κ3) is 5.52. The maximum absolute atomic E-state index is 12.8. The van der Waals surface area contributed by atoms with Gasteiger partial charge in [0.15, 0.2) is 5.82 Å². The molecule has 2 aromatic rings. The number of carbonyl (C=O) groups excluding carboxylic acids is 1. The lowest BCUT2D eigenvalue weighted by atomic mass is 10.1. The summed E-state index contributed by atoms with van der Waals surface area (Å²) in [6.45, 7) is 10.4. The van der Waals surface area contributed by atoms with Gasteiger partial charge in [0.2, 0.25) is 21.1 Å². The summed E-state index contributed by atoms with van der Waals surface area (Å²) in [6, 6.07) is 6.52. The summed E-state index contributed by atoms with van der Waals surface area (Å²) >= 11 is 1.17. The third-order valence-electron chi connectivity index (χ3n) is 4.82. The van der Waals surface area contributed by atoms with Crippen LogP contribution in [0.4, 0.5) is 0 Å². The quantitative estimate of drug-likeness (QED) is 0.415. The Balaban J connectivity index is 2.19. The number of thioether (sulfide) groups is 1. The Kier molecular flexibility index (Phi) is 8.27. The lowest BCUT2D eigenvalue weighted by Gasteiger charge is -2.18. The molecule has 1 heterocycles. The molecule has 1 aromatic carbocycles. The van der Waals surface area contributed by atoms with Gasteiger partial charge in [0.05, 0.1) is 10.6 Å². The second-order valence-electron chi connectivity index (χ2n) is 7.18. The molecule has 166 valence electrons. The molecule has 0 aliphatic heterocycles. The molecule has 0 bridgehead atoms. The first kappa shape index (κ1) is 24.2. The fourth-order valence-electron chi connectivity index (χ4n) is 2.67. The standard InChI is InChI=1S/C19H30N6O3S2/c1-6-24(7-2)30(27,28)16-10-8-9-15(11-16)18-22-23-19(25(18)20)29-12-17(26)21-14(5)13(3)4/h8-11,13-14H,6-7,12,20H2,1-5H3,(H,21,26)/t14-/m0/s1. The minimum Gasteiger partial charge on any atom is -0.353 e. The molecule has 0 spiro atoms. The monoisotopic (exact) mass is 454 g/mol. The number of hydrogen-bond acceptors (Lipinski definition) is 7. The van der Waals surface area contributed by atoms with E-state index in [4.69, 9.17) is 5.84 Å². The smallest absolute Gasteiger partial charge is 0.243 e. The van der Waals surface area contributed by atoms with Crippen LogP contribution in [-0.4, -0.2) is 58.4 Å². The largest absolute Gasteiger partial charge is 0.353 e. The van der Waals surface area contributed by atoms with Crippen LogP contribution < -0.4 is 11.2 Å². The first-order valence-electron chi connectivity index (χ1n) is 9.85. The van der Waals surface area contributed by atoms with Crippen molar-refractivity contribution in [3.05, 3.63) is 24.3 Å². The van der Waals surface area contributed by atoms with Crippen molar-refractivity contribution in [1.29, 1.82) is 0 Å². The molecule has 11 heteroatoms. The normalized spacial score (nSPS) is 13.0. The molecule has 9 nitrogen and oxygen atoms in total. The van der Waals surface area contributed by atoms with Gasteiger partial charge >= 0.3 is 0 Å². The zero-order chi connectivity index (χ0) is 22.5. The van der Waals surface area contributed by atoms with Crippen LogP contribution in [0, 0.1) is 5.92 Å². The van der Waals surface area contributed by atoms with Gasteiger partial charge in [-0.25, -0.2) is 13.1 Å². The number of carbonyl (C=O) groups is 1. The molecule has 30 heavy (non-hydrogen) atoms. The summed E-state index contributed by atoms with van der Waals surface area (Å²) in [5.74, 6) is 6.83. The molecule has 1 atom stereocenters. The molecule has 0 aliphatic rings. The predicted molar refractivity (Wildman–Crippen MR) is 119 cm³/mol. The van der Waals surface area contributed by atoms with Crippen molar-refractivity contribution < 1.29 is 13.2 Å². The van der Waals surface area contributed by atoms with Crippen molar-refractivity contribution in [2.24, 2.45) is 5.92 Å². The SMILES string of the molecule is CCN(CC)S(=O)(=O)c1cccc(-c2nnc(SCC(=O)N[C@@H](C)C(C)C)n2N)c1. The van der Waals surface area contributed by atoms with Crippen molar-refractivity contribution in [3.8, 4) is 11.4 Å². The number of sulfonamides is 1. The Bertz CT molecular complexity index is 970. The number of nitrogens with zero attached hydrogens (tertiary/aromatic N) is 4. The van der Waals surface area contributed by atoms with Crippen LogP contribution in [0.1, 0.15) is 34.6 Å². The second kappa shape index (κ2) is 10.3. The summed E-state index contributed by atoms with van der Waals surface area (Å²) in [5.41, 5.74) is 0.531. The number of aromatic nitrogens is 3. The van der Waals surface area contributed by atoms with Gasteiger partial charge in [-0.3, -0.25) is 4.79 Å². The van der Waals surface area contributed by atoms with Crippen LogP contribution in [0.5, 0.6) is 0 Å². The van der Waals surface area contributed by atoms with Crippen molar-refractivity contribution in [1.82, 2.24) is 24.5 Å². The Labute approximate surface area is 182 Å². The molecule has 0 saturated carbocycles. The van der Waals surface area contributed by atoms with Crippen LogP contribution in [0.15, 0.2) is 34.3 Å². The second-order valence-corrected chi connectivity index (χ2v) is 10.1. The lowest BCUT2D eigenvalue weighted by Crippen LogP contribution is -2.37. The molecule has 0 aliphatic carbocycles. The van der Waals surface area contributed by atoms with E-state index in [9.17, 15) is 13.2 Å². The first-order valence-corrected chi connectivity index (χ1v) is 12.3. The number of hydrogen-bond donors (Lipinski definition) is 2.